The normalized spacial score (nSPS) is 26.6. The molecule has 0 aliphatic carbocycles. The third-order valence-electron chi connectivity index (χ3n) is 2.49. The molecule has 0 aromatic carbocycles. The number of nitrogens with zero attached hydrogens (tertiary/aromatic N) is 1. The van der Waals surface area contributed by atoms with Crippen molar-refractivity contribution in [3.63, 3.8) is 0 Å². The number of hydrogen-bond donors (Lipinski definition) is 1. The fourth-order valence-electron chi connectivity index (χ4n) is 1.47. The first-order valence-corrected chi connectivity index (χ1v) is 6.39. The Balaban J connectivity index is 2.78. The van der Waals surface area contributed by atoms with Gasteiger partial charge in [-0.1, -0.05) is 6.92 Å². The quantitative estimate of drug-likeness (QED) is 0.693. The van der Waals surface area contributed by atoms with Gasteiger partial charge < -0.3 is 5.32 Å². The van der Waals surface area contributed by atoms with Crippen molar-refractivity contribution < 1.29 is 8.42 Å². The molecule has 1 fully saturated rings. The zero-order valence-electron chi connectivity index (χ0n) is 8.28. The molecule has 4 nitrogen and oxygen atoms in total. The smallest absolute Gasteiger partial charge is 0.215 e. The lowest BCUT2D eigenvalue weighted by molar-refractivity contribution is 0.336. The molecule has 1 aliphatic heterocycles. The van der Waals surface area contributed by atoms with Gasteiger partial charge in [0.05, 0.1) is 5.75 Å². The van der Waals surface area contributed by atoms with Crippen molar-refractivity contribution in [2.75, 3.05) is 25.4 Å². The Morgan fingerprint density at radius 2 is 2.15 bits per heavy atom. The van der Waals surface area contributed by atoms with Gasteiger partial charge in [-0.25, -0.2) is 8.42 Å². The standard InChI is InChI=1S/C8H18N2O2S/c1-3-8(2)10-6-4-9-5-7-13(10,11)12/h8-9H,3-7H2,1-2H3. The van der Waals surface area contributed by atoms with Gasteiger partial charge in [0.15, 0.2) is 0 Å². The highest BCUT2D eigenvalue weighted by Gasteiger charge is 2.27. The van der Waals surface area contributed by atoms with Gasteiger partial charge in [0.25, 0.3) is 0 Å². The van der Waals surface area contributed by atoms with E-state index in [2.05, 4.69) is 5.32 Å². The van der Waals surface area contributed by atoms with E-state index in [1.807, 2.05) is 13.8 Å². The Morgan fingerprint density at radius 1 is 1.46 bits per heavy atom. The second-order valence-electron chi connectivity index (χ2n) is 3.43. The van der Waals surface area contributed by atoms with E-state index >= 15 is 0 Å². The highest BCUT2D eigenvalue weighted by Crippen LogP contribution is 2.11. The summed E-state index contributed by atoms with van der Waals surface area (Å²) >= 11 is 0. The van der Waals surface area contributed by atoms with E-state index in [0.717, 1.165) is 13.0 Å². The predicted octanol–water partition coefficient (Wildman–Crippen LogP) is 0.0199. The molecule has 0 spiro atoms. The second kappa shape index (κ2) is 4.39. The first kappa shape index (κ1) is 10.9. The maximum absolute atomic E-state index is 11.7. The Hall–Kier alpha value is -0.130. The van der Waals surface area contributed by atoms with Gasteiger partial charge in [0.1, 0.15) is 0 Å². The minimum atomic E-state index is -3.00. The highest BCUT2D eigenvalue weighted by atomic mass is 32.2. The summed E-state index contributed by atoms with van der Waals surface area (Å²) in [5.74, 6) is 0.233. The van der Waals surface area contributed by atoms with Gasteiger partial charge in [-0.2, -0.15) is 4.31 Å². The third kappa shape index (κ3) is 2.65. The van der Waals surface area contributed by atoms with Crippen LogP contribution < -0.4 is 5.32 Å². The average Bonchev–Trinajstić information content (AvgIpc) is 2.25. The van der Waals surface area contributed by atoms with Crippen LogP contribution in [0.4, 0.5) is 0 Å². The molecular weight excluding hydrogens is 188 g/mol. The lowest BCUT2D eigenvalue weighted by Gasteiger charge is -2.25. The van der Waals surface area contributed by atoms with Gasteiger partial charge in [-0.15, -0.1) is 0 Å². The van der Waals surface area contributed by atoms with E-state index in [4.69, 9.17) is 0 Å². The molecule has 0 radical (unpaired) electrons. The van der Waals surface area contributed by atoms with Crippen LogP contribution >= 0.6 is 0 Å². The van der Waals surface area contributed by atoms with E-state index in [0.29, 0.717) is 13.1 Å². The van der Waals surface area contributed by atoms with E-state index in [9.17, 15) is 8.42 Å². The number of hydrogen-bond acceptors (Lipinski definition) is 3. The number of nitrogens with one attached hydrogen (secondary N) is 1. The molecule has 1 rings (SSSR count). The maximum atomic E-state index is 11.7. The first-order valence-electron chi connectivity index (χ1n) is 4.78. The van der Waals surface area contributed by atoms with Crippen molar-refractivity contribution in [2.24, 2.45) is 0 Å². The Labute approximate surface area is 80.4 Å². The molecule has 5 heteroatoms. The van der Waals surface area contributed by atoms with Crippen LogP contribution in [0, 0.1) is 0 Å². The summed E-state index contributed by atoms with van der Waals surface area (Å²) in [5, 5.41) is 3.09. The van der Waals surface area contributed by atoms with Crippen LogP contribution in [-0.4, -0.2) is 44.2 Å². The van der Waals surface area contributed by atoms with Crippen molar-refractivity contribution in [1.29, 1.82) is 0 Å². The van der Waals surface area contributed by atoms with Crippen molar-refractivity contribution in [3.05, 3.63) is 0 Å². The first-order chi connectivity index (χ1) is 6.08. The van der Waals surface area contributed by atoms with Gasteiger partial charge in [-0.05, 0) is 13.3 Å². The van der Waals surface area contributed by atoms with Gasteiger partial charge >= 0.3 is 0 Å². The second-order valence-corrected chi connectivity index (χ2v) is 5.48. The minimum absolute atomic E-state index is 0.130. The SMILES string of the molecule is CCC(C)N1CCNCCS1(=O)=O. The summed E-state index contributed by atoms with van der Waals surface area (Å²) in [6.07, 6.45) is 0.874. The fraction of sp³-hybridized carbons (Fsp3) is 1.00. The van der Waals surface area contributed by atoms with Crippen molar-refractivity contribution in [2.45, 2.75) is 26.3 Å². The molecule has 0 aromatic heterocycles. The predicted molar refractivity (Wildman–Crippen MR) is 53.1 cm³/mol. The molecule has 1 saturated heterocycles. The van der Waals surface area contributed by atoms with Crippen molar-refractivity contribution in [1.82, 2.24) is 9.62 Å². The van der Waals surface area contributed by atoms with Crippen LogP contribution in [0.5, 0.6) is 0 Å². The van der Waals surface area contributed by atoms with E-state index in [1.165, 1.54) is 0 Å². The molecule has 0 bridgehead atoms. The third-order valence-corrected chi connectivity index (χ3v) is 4.46. The number of rotatable bonds is 2. The molecule has 13 heavy (non-hydrogen) atoms. The fourth-order valence-corrected chi connectivity index (χ4v) is 3.17. The molecule has 1 heterocycles. The molecule has 1 unspecified atom stereocenters. The van der Waals surface area contributed by atoms with Gasteiger partial charge in [0, 0.05) is 25.7 Å². The van der Waals surface area contributed by atoms with E-state index < -0.39 is 10.0 Å². The van der Waals surface area contributed by atoms with Crippen LogP contribution in [0.1, 0.15) is 20.3 Å². The van der Waals surface area contributed by atoms with Gasteiger partial charge in [0.2, 0.25) is 10.0 Å². The van der Waals surface area contributed by atoms with Crippen LogP contribution in [0.2, 0.25) is 0 Å². The Kier molecular flexibility index (Phi) is 3.70. The molecule has 0 amide bonds. The molecule has 78 valence electrons. The average molecular weight is 206 g/mol. The van der Waals surface area contributed by atoms with Crippen LogP contribution in [-0.2, 0) is 10.0 Å². The Bertz CT molecular complexity index is 251. The van der Waals surface area contributed by atoms with Crippen LogP contribution in [0.3, 0.4) is 0 Å². The van der Waals surface area contributed by atoms with Crippen molar-refractivity contribution >= 4 is 10.0 Å². The topological polar surface area (TPSA) is 49.4 Å². The summed E-state index contributed by atoms with van der Waals surface area (Å²) in [5.41, 5.74) is 0. The summed E-state index contributed by atoms with van der Waals surface area (Å²) in [4.78, 5) is 0. The largest absolute Gasteiger partial charge is 0.314 e. The molecule has 0 aromatic rings. The molecule has 1 atom stereocenters. The number of sulfonamides is 1. The minimum Gasteiger partial charge on any atom is -0.314 e. The summed E-state index contributed by atoms with van der Waals surface area (Å²) in [7, 11) is -3.00. The summed E-state index contributed by atoms with van der Waals surface area (Å²) < 4.78 is 25.0. The van der Waals surface area contributed by atoms with Crippen molar-refractivity contribution in [3.8, 4) is 0 Å². The zero-order valence-corrected chi connectivity index (χ0v) is 9.10. The lowest BCUT2D eigenvalue weighted by atomic mass is 10.2. The zero-order chi connectivity index (χ0) is 9.90. The van der Waals surface area contributed by atoms with Gasteiger partial charge in [-0.3, -0.25) is 0 Å². The van der Waals surface area contributed by atoms with Crippen LogP contribution in [0.15, 0.2) is 0 Å². The summed E-state index contributed by atoms with van der Waals surface area (Å²) in [6.45, 7) is 5.93. The molecule has 0 saturated carbocycles. The lowest BCUT2D eigenvalue weighted by Crippen LogP contribution is -2.40. The monoisotopic (exact) mass is 206 g/mol. The Morgan fingerprint density at radius 3 is 2.77 bits per heavy atom. The van der Waals surface area contributed by atoms with E-state index in [-0.39, 0.29) is 11.8 Å². The molecular formula is C8H18N2O2S. The maximum Gasteiger partial charge on any atom is 0.215 e. The highest BCUT2D eigenvalue weighted by molar-refractivity contribution is 7.89. The molecule has 1 aliphatic rings. The van der Waals surface area contributed by atoms with Crippen LogP contribution in [0.25, 0.3) is 0 Å². The molecule has 1 N–H and O–H groups in total. The van der Waals surface area contributed by atoms with E-state index in [1.54, 1.807) is 4.31 Å². The summed E-state index contributed by atoms with van der Waals surface area (Å²) in [6, 6.07) is 0.130.